The number of nitrogens with one attached hydrogen (secondary N) is 1. The van der Waals surface area contributed by atoms with E-state index < -0.39 is 0 Å². The third-order valence-electron chi connectivity index (χ3n) is 5.29. The van der Waals surface area contributed by atoms with Crippen LogP contribution in [0.15, 0.2) is 53.1 Å². The number of aryl methyl sites for hydroxylation is 1. The van der Waals surface area contributed by atoms with Gasteiger partial charge < -0.3 is 19.2 Å². The van der Waals surface area contributed by atoms with Gasteiger partial charge >= 0.3 is 0 Å². The monoisotopic (exact) mass is 363 g/mol. The summed E-state index contributed by atoms with van der Waals surface area (Å²) < 4.78 is 7.77. The zero-order valence-electron chi connectivity index (χ0n) is 16.0. The maximum Gasteiger partial charge on any atom is 0.257 e. The number of hydrogen-bond acceptors (Lipinski definition) is 3. The van der Waals surface area contributed by atoms with Crippen molar-refractivity contribution in [3.05, 3.63) is 77.0 Å². The van der Waals surface area contributed by atoms with Crippen molar-refractivity contribution in [2.75, 3.05) is 11.9 Å². The highest BCUT2D eigenvalue weighted by atomic mass is 16.3. The number of aromatic nitrogens is 1. The van der Waals surface area contributed by atoms with E-state index in [9.17, 15) is 4.79 Å². The molecule has 5 nitrogen and oxygen atoms in total. The van der Waals surface area contributed by atoms with Crippen LogP contribution < -0.4 is 5.32 Å². The van der Waals surface area contributed by atoms with Crippen LogP contribution in [0.4, 0.5) is 5.69 Å². The quantitative estimate of drug-likeness (QED) is 0.713. The number of rotatable bonds is 5. The lowest BCUT2D eigenvalue weighted by atomic mass is 10.0. The molecule has 2 aromatic heterocycles. The minimum Gasteiger partial charge on any atom is -0.467 e. The number of hydrogen-bond donors (Lipinski definition) is 1. The molecular weight excluding hydrogens is 338 g/mol. The number of fused-ring (bicyclic) bond motifs is 1. The zero-order chi connectivity index (χ0) is 19.0. The molecular formula is C22H25N3O2. The minimum absolute atomic E-state index is 0.0898. The first-order chi connectivity index (χ1) is 13.1. The first-order valence-electron chi connectivity index (χ1n) is 9.45. The summed E-state index contributed by atoms with van der Waals surface area (Å²) in [6.45, 7) is 7.72. The molecule has 140 valence electrons. The van der Waals surface area contributed by atoms with Gasteiger partial charge in [-0.05, 0) is 50.6 Å². The molecule has 27 heavy (non-hydrogen) atoms. The van der Waals surface area contributed by atoms with Crippen LogP contribution in [-0.4, -0.2) is 21.9 Å². The van der Waals surface area contributed by atoms with E-state index in [1.807, 2.05) is 41.3 Å². The van der Waals surface area contributed by atoms with Crippen LogP contribution in [-0.2, 0) is 6.54 Å². The summed E-state index contributed by atoms with van der Waals surface area (Å²) in [5, 5.41) is 3.59. The number of amides is 1. The van der Waals surface area contributed by atoms with Crippen LogP contribution in [0, 0.1) is 13.8 Å². The van der Waals surface area contributed by atoms with Crippen molar-refractivity contribution < 1.29 is 9.21 Å². The third-order valence-corrected chi connectivity index (χ3v) is 5.29. The van der Waals surface area contributed by atoms with Gasteiger partial charge in [-0.25, -0.2) is 0 Å². The average molecular weight is 363 g/mol. The van der Waals surface area contributed by atoms with Gasteiger partial charge in [-0.15, -0.1) is 0 Å². The largest absolute Gasteiger partial charge is 0.467 e. The van der Waals surface area contributed by atoms with E-state index in [1.54, 1.807) is 6.26 Å². The molecule has 1 N–H and O–H groups in total. The Morgan fingerprint density at radius 2 is 1.96 bits per heavy atom. The topological polar surface area (TPSA) is 50.4 Å². The van der Waals surface area contributed by atoms with Crippen LogP contribution in [0.25, 0.3) is 0 Å². The molecule has 0 fully saturated rings. The SMILES string of the molecule is CCCN1C(=O)c2ccccc2N[C@H]1c1cc(C)n(Cc2ccco2)c1C. The van der Waals surface area contributed by atoms with Gasteiger partial charge in [0.15, 0.2) is 0 Å². The van der Waals surface area contributed by atoms with Crippen molar-refractivity contribution in [1.29, 1.82) is 0 Å². The number of furan rings is 1. The highest BCUT2D eigenvalue weighted by Crippen LogP contribution is 2.35. The second-order valence-corrected chi connectivity index (χ2v) is 7.08. The van der Waals surface area contributed by atoms with Gasteiger partial charge in [0.05, 0.1) is 18.4 Å². The third kappa shape index (κ3) is 3.03. The summed E-state index contributed by atoms with van der Waals surface area (Å²) in [6, 6.07) is 13.8. The van der Waals surface area contributed by atoms with Gasteiger partial charge in [-0.3, -0.25) is 4.79 Å². The molecule has 3 heterocycles. The number of benzene rings is 1. The van der Waals surface area contributed by atoms with E-state index in [0.29, 0.717) is 13.1 Å². The molecule has 1 aliphatic heterocycles. The molecule has 0 aliphatic carbocycles. The Hall–Kier alpha value is -2.95. The molecule has 0 bridgehead atoms. The van der Waals surface area contributed by atoms with Gasteiger partial charge in [0.25, 0.3) is 5.91 Å². The summed E-state index contributed by atoms with van der Waals surface area (Å²) >= 11 is 0. The predicted molar refractivity (Wildman–Crippen MR) is 106 cm³/mol. The Kier molecular flexibility index (Phi) is 4.52. The molecule has 0 spiro atoms. The molecule has 4 rings (SSSR count). The van der Waals surface area contributed by atoms with E-state index in [2.05, 4.69) is 36.7 Å². The van der Waals surface area contributed by atoms with Crippen molar-refractivity contribution >= 4 is 11.6 Å². The van der Waals surface area contributed by atoms with Crippen LogP contribution in [0.5, 0.6) is 0 Å². The Bertz CT molecular complexity index is 956. The zero-order valence-corrected chi connectivity index (χ0v) is 16.0. The van der Waals surface area contributed by atoms with E-state index in [1.165, 1.54) is 0 Å². The van der Waals surface area contributed by atoms with Crippen LogP contribution >= 0.6 is 0 Å². The van der Waals surface area contributed by atoms with Gasteiger partial charge in [0.1, 0.15) is 11.9 Å². The van der Waals surface area contributed by atoms with Gasteiger partial charge in [-0.1, -0.05) is 19.1 Å². The van der Waals surface area contributed by atoms with Gasteiger partial charge in [-0.2, -0.15) is 0 Å². The average Bonchev–Trinajstić information content (AvgIpc) is 3.28. The molecule has 3 aromatic rings. The number of carbonyl (C=O) groups is 1. The fraction of sp³-hybridized carbons (Fsp3) is 0.318. The second kappa shape index (κ2) is 6.99. The Morgan fingerprint density at radius 3 is 2.70 bits per heavy atom. The first-order valence-corrected chi connectivity index (χ1v) is 9.45. The van der Waals surface area contributed by atoms with E-state index in [0.717, 1.165) is 40.4 Å². The summed E-state index contributed by atoms with van der Waals surface area (Å²) in [5.74, 6) is 1.01. The Labute approximate surface area is 159 Å². The van der Waals surface area contributed by atoms with Gasteiger partial charge in [0, 0.05) is 29.2 Å². The highest BCUT2D eigenvalue weighted by molar-refractivity contribution is 6.01. The van der Waals surface area contributed by atoms with Crippen molar-refractivity contribution in [2.45, 2.75) is 39.9 Å². The van der Waals surface area contributed by atoms with Crippen LogP contribution in [0.1, 0.15) is 52.6 Å². The fourth-order valence-electron chi connectivity index (χ4n) is 3.92. The molecule has 1 atom stereocenters. The molecule has 1 amide bonds. The molecule has 1 aromatic carbocycles. The Morgan fingerprint density at radius 1 is 1.15 bits per heavy atom. The first kappa shape index (κ1) is 17.5. The number of nitrogens with zero attached hydrogens (tertiary/aromatic N) is 2. The maximum atomic E-state index is 13.1. The minimum atomic E-state index is -0.163. The molecule has 1 aliphatic rings. The summed E-state index contributed by atoms with van der Waals surface area (Å²) in [5.41, 5.74) is 5.08. The lowest BCUT2D eigenvalue weighted by molar-refractivity contribution is 0.0683. The molecule has 0 saturated carbocycles. The van der Waals surface area contributed by atoms with Crippen molar-refractivity contribution in [2.24, 2.45) is 0 Å². The fourth-order valence-corrected chi connectivity index (χ4v) is 3.92. The smallest absolute Gasteiger partial charge is 0.257 e. The van der Waals surface area contributed by atoms with E-state index >= 15 is 0 Å². The lowest BCUT2D eigenvalue weighted by Gasteiger charge is -2.38. The normalized spacial score (nSPS) is 16.3. The maximum absolute atomic E-state index is 13.1. The summed E-state index contributed by atoms with van der Waals surface area (Å²) in [4.78, 5) is 15.1. The molecule has 0 unspecified atom stereocenters. The second-order valence-electron chi connectivity index (χ2n) is 7.08. The van der Waals surface area contributed by atoms with Crippen molar-refractivity contribution in [3.63, 3.8) is 0 Å². The number of carbonyl (C=O) groups excluding carboxylic acids is 1. The van der Waals surface area contributed by atoms with Gasteiger partial charge in [0.2, 0.25) is 0 Å². The molecule has 0 saturated heterocycles. The van der Waals surface area contributed by atoms with E-state index in [-0.39, 0.29) is 12.1 Å². The lowest BCUT2D eigenvalue weighted by Crippen LogP contribution is -2.43. The summed E-state index contributed by atoms with van der Waals surface area (Å²) in [7, 11) is 0. The summed E-state index contributed by atoms with van der Waals surface area (Å²) in [6.07, 6.45) is 2.45. The van der Waals surface area contributed by atoms with Crippen molar-refractivity contribution in [1.82, 2.24) is 9.47 Å². The van der Waals surface area contributed by atoms with Crippen molar-refractivity contribution in [3.8, 4) is 0 Å². The standard InChI is InChI=1S/C22H25N3O2/c1-4-11-24-21(23-20-10-6-5-9-18(20)22(24)26)19-13-15(2)25(16(19)3)14-17-8-7-12-27-17/h5-10,12-13,21,23H,4,11,14H2,1-3H3/t21-/m1/s1. The van der Waals surface area contributed by atoms with Crippen LogP contribution in [0.2, 0.25) is 0 Å². The predicted octanol–water partition coefficient (Wildman–Crippen LogP) is 4.72. The highest BCUT2D eigenvalue weighted by Gasteiger charge is 2.34. The molecule has 5 heteroatoms. The Balaban J connectivity index is 1.74. The van der Waals surface area contributed by atoms with Crippen LogP contribution in [0.3, 0.4) is 0 Å². The number of anilines is 1. The number of para-hydroxylation sites is 1. The molecule has 0 radical (unpaired) electrons. The van der Waals surface area contributed by atoms with E-state index in [4.69, 9.17) is 4.42 Å².